The molecule has 3 aromatic rings. The molecule has 41 heavy (non-hydrogen) atoms. The summed E-state index contributed by atoms with van der Waals surface area (Å²) in [7, 11) is 1.33. The number of fused-ring (bicyclic) bond motifs is 1. The summed E-state index contributed by atoms with van der Waals surface area (Å²) in [6, 6.07) is 13.6. The van der Waals surface area contributed by atoms with Crippen LogP contribution in [0, 0.1) is 0 Å². The van der Waals surface area contributed by atoms with Crippen molar-refractivity contribution in [1.82, 2.24) is 10.2 Å². The van der Waals surface area contributed by atoms with Gasteiger partial charge in [-0.25, -0.2) is 0 Å². The zero-order valence-corrected chi connectivity index (χ0v) is 23.2. The maximum absolute atomic E-state index is 13.3. The number of benzene rings is 3. The number of rotatable bonds is 10. The van der Waals surface area contributed by atoms with E-state index in [1.165, 1.54) is 7.05 Å². The first-order valence-corrected chi connectivity index (χ1v) is 13.4. The molecule has 0 aliphatic carbocycles. The number of nitrogens with zero attached hydrogens (tertiary/aromatic N) is 2. The molecule has 3 aromatic carbocycles. The van der Waals surface area contributed by atoms with E-state index in [1.807, 2.05) is 24.3 Å². The molecule has 0 bridgehead atoms. The lowest BCUT2D eigenvalue weighted by Gasteiger charge is -2.26. The smallest absolute Gasteiger partial charge is 0.341 e. The summed E-state index contributed by atoms with van der Waals surface area (Å²) in [5, 5.41) is 3.93. The van der Waals surface area contributed by atoms with E-state index >= 15 is 0 Å². The van der Waals surface area contributed by atoms with Gasteiger partial charge in [-0.05, 0) is 54.9 Å². The van der Waals surface area contributed by atoms with Crippen LogP contribution in [0.15, 0.2) is 65.7 Å². The van der Waals surface area contributed by atoms with E-state index in [9.17, 15) is 31.1 Å². The molecular formula is C29H25Cl2F6N3O. The molecule has 12 heteroatoms. The summed E-state index contributed by atoms with van der Waals surface area (Å²) in [4.78, 5) is 18.7. The molecule has 0 saturated heterocycles. The number of carbonyl (C=O) groups excluding carboxylic acids is 1. The Hall–Kier alpha value is -3.08. The Morgan fingerprint density at radius 3 is 2.17 bits per heavy atom. The van der Waals surface area contributed by atoms with Gasteiger partial charge in [-0.15, -0.1) is 0 Å². The summed E-state index contributed by atoms with van der Waals surface area (Å²) in [6.45, 7) is 1.17. The zero-order valence-electron chi connectivity index (χ0n) is 21.7. The molecule has 1 heterocycles. The third-order valence-electron chi connectivity index (χ3n) is 6.77. The van der Waals surface area contributed by atoms with E-state index in [-0.39, 0.29) is 23.6 Å². The summed E-state index contributed by atoms with van der Waals surface area (Å²) in [5.41, 5.74) is -0.00966. The van der Waals surface area contributed by atoms with Crippen molar-refractivity contribution >= 4 is 40.5 Å². The van der Waals surface area contributed by atoms with E-state index in [4.69, 9.17) is 23.2 Å². The fourth-order valence-electron chi connectivity index (χ4n) is 4.61. The van der Waals surface area contributed by atoms with E-state index in [2.05, 4.69) is 10.3 Å². The average molecular weight is 616 g/mol. The number of hydrogen-bond acceptors (Lipinski definition) is 3. The number of alkyl halides is 6. The number of aliphatic imine (C=N–C) groups is 1. The highest BCUT2D eigenvalue weighted by Gasteiger charge is 2.38. The molecule has 1 unspecified atom stereocenters. The molecule has 0 saturated carbocycles. The van der Waals surface area contributed by atoms with E-state index in [0.29, 0.717) is 43.1 Å². The quantitative estimate of drug-likeness (QED) is 0.184. The van der Waals surface area contributed by atoms with Crippen LogP contribution in [0.25, 0.3) is 0 Å². The molecule has 4 rings (SSSR count). The number of amides is 1. The van der Waals surface area contributed by atoms with Crippen LogP contribution < -0.4 is 5.32 Å². The first-order chi connectivity index (χ1) is 19.2. The predicted molar refractivity (Wildman–Crippen MR) is 147 cm³/mol. The van der Waals surface area contributed by atoms with Gasteiger partial charge in [0.1, 0.15) is 0 Å². The molecule has 4 nitrogen and oxygen atoms in total. The Kier molecular flexibility index (Phi) is 9.35. The number of para-hydroxylation sites is 1. The summed E-state index contributed by atoms with van der Waals surface area (Å²) in [6.07, 6.45) is -8.91. The molecule has 1 aliphatic heterocycles. The summed E-state index contributed by atoms with van der Waals surface area (Å²) in [5.74, 6) is -1.32. The first kappa shape index (κ1) is 30.9. The lowest BCUT2D eigenvalue weighted by Crippen LogP contribution is -2.33. The van der Waals surface area contributed by atoms with Crippen LogP contribution in [0.1, 0.15) is 51.4 Å². The Labute approximate surface area is 243 Å². The van der Waals surface area contributed by atoms with Gasteiger partial charge in [0.05, 0.1) is 32.6 Å². The molecule has 0 radical (unpaired) electrons. The topological polar surface area (TPSA) is 44.7 Å². The normalized spacial score (nSPS) is 13.7. The second-order valence-electron chi connectivity index (χ2n) is 9.72. The molecule has 1 atom stereocenters. The van der Waals surface area contributed by atoms with Gasteiger partial charge >= 0.3 is 12.4 Å². The lowest BCUT2D eigenvalue weighted by atomic mass is 9.94. The number of hydrogen-bond donors (Lipinski definition) is 1. The molecule has 1 N–H and O–H groups in total. The van der Waals surface area contributed by atoms with Gasteiger partial charge in [0.2, 0.25) is 0 Å². The third-order valence-corrected chi connectivity index (χ3v) is 7.51. The van der Waals surface area contributed by atoms with Gasteiger partial charge in [0.25, 0.3) is 5.91 Å². The molecule has 218 valence electrons. The highest BCUT2D eigenvalue weighted by molar-refractivity contribution is 6.42. The van der Waals surface area contributed by atoms with Crippen molar-refractivity contribution in [1.29, 1.82) is 0 Å². The van der Waals surface area contributed by atoms with Crippen molar-refractivity contribution in [2.24, 2.45) is 4.99 Å². The van der Waals surface area contributed by atoms with Crippen LogP contribution in [-0.2, 0) is 12.4 Å². The highest BCUT2D eigenvalue weighted by Crippen LogP contribution is 2.37. The minimum absolute atomic E-state index is 0.00522. The van der Waals surface area contributed by atoms with Crippen molar-refractivity contribution in [2.75, 3.05) is 26.7 Å². The van der Waals surface area contributed by atoms with E-state index in [0.717, 1.165) is 27.4 Å². The molecule has 0 spiro atoms. The monoisotopic (exact) mass is 615 g/mol. The minimum Gasteiger partial charge on any atom is -0.341 e. The van der Waals surface area contributed by atoms with Crippen LogP contribution >= 0.6 is 23.2 Å². The maximum atomic E-state index is 13.3. The van der Waals surface area contributed by atoms with Crippen molar-refractivity contribution < 1.29 is 31.1 Å². The van der Waals surface area contributed by atoms with Gasteiger partial charge in [0, 0.05) is 43.6 Å². The number of likely N-dealkylation sites (N-methyl/N-ethyl adjacent to an activating group) is 1. The SMILES string of the molecule is CN(CC(CCNCCC1=Nc2ccccc21)c1ccc(Cl)c(Cl)c1)C(=O)c1cc(C(F)(F)F)cc(C(F)(F)F)c1. The molecule has 0 fully saturated rings. The van der Waals surface area contributed by atoms with Crippen LogP contribution in [0.3, 0.4) is 0 Å². The Morgan fingerprint density at radius 1 is 0.902 bits per heavy atom. The van der Waals surface area contributed by atoms with Crippen LogP contribution in [0.5, 0.6) is 0 Å². The van der Waals surface area contributed by atoms with Crippen molar-refractivity contribution in [3.8, 4) is 0 Å². The van der Waals surface area contributed by atoms with Crippen LogP contribution in [0.4, 0.5) is 32.0 Å². The largest absolute Gasteiger partial charge is 0.416 e. The number of halogens is 8. The standard InChI is InChI=1S/C29H25Cl2F6N3O/c1-40(27(41)19-12-20(28(32,33)34)15-21(13-19)29(35,36)37)16-18(17-6-7-23(30)24(31)14-17)8-10-38-11-9-26-22-4-2-3-5-25(22)39-26/h2-7,12-15,18,38H,8-11,16H2,1H3. The van der Waals surface area contributed by atoms with Crippen molar-refractivity contribution in [3.63, 3.8) is 0 Å². The van der Waals surface area contributed by atoms with Gasteiger partial charge in [-0.3, -0.25) is 9.79 Å². The molecule has 1 amide bonds. The average Bonchev–Trinajstić information content (AvgIpc) is 2.90. The fourth-order valence-corrected chi connectivity index (χ4v) is 4.91. The summed E-state index contributed by atoms with van der Waals surface area (Å²) < 4.78 is 79.9. The van der Waals surface area contributed by atoms with Gasteiger partial charge in [-0.1, -0.05) is 47.5 Å². The number of carbonyl (C=O) groups is 1. The maximum Gasteiger partial charge on any atom is 0.416 e. The van der Waals surface area contributed by atoms with Gasteiger partial charge in [-0.2, -0.15) is 26.3 Å². The first-order valence-electron chi connectivity index (χ1n) is 12.6. The van der Waals surface area contributed by atoms with E-state index in [1.54, 1.807) is 18.2 Å². The van der Waals surface area contributed by atoms with Crippen molar-refractivity contribution in [3.05, 3.63) is 98.5 Å². The van der Waals surface area contributed by atoms with E-state index < -0.39 is 35.0 Å². The Bertz CT molecular complexity index is 1420. The lowest BCUT2D eigenvalue weighted by molar-refractivity contribution is -0.143. The Balaban J connectivity index is 1.46. The zero-order chi connectivity index (χ0) is 29.9. The molecule has 1 aliphatic rings. The second kappa shape index (κ2) is 12.4. The van der Waals surface area contributed by atoms with Gasteiger partial charge in [0.15, 0.2) is 0 Å². The summed E-state index contributed by atoms with van der Waals surface area (Å²) >= 11 is 12.3. The fraction of sp³-hybridized carbons (Fsp3) is 0.310. The molecule has 0 aromatic heterocycles. The predicted octanol–water partition coefficient (Wildman–Crippen LogP) is 8.39. The van der Waals surface area contributed by atoms with Crippen LogP contribution in [-0.4, -0.2) is 43.2 Å². The van der Waals surface area contributed by atoms with Gasteiger partial charge < -0.3 is 10.2 Å². The molecular weight excluding hydrogens is 591 g/mol. The van der Waals surface area contributed by atoms with Crippen molar-refractivity contribution in [2.45, 2.75) is 31.1 Å². The number of nitrogens with one attached hydrogen (secondary N) is 1. The second-order valence-corrected chi connectivity index (χ2v) is 10.5. The van der Waals surface area contributed by atoms with Crippen LogP contribution in [0.2, 0.25) is 10.0 Å². The Morgan fingerprint density at radius 2 is 1.56 bits per heavy atom. The minimum atomic E-state index is -5.06. The third kappa shape index (κ3) is 7.61. The highest BCUT2D eigenvalue weighted by atomic mass is 35.5.